The Labute approximate surface area is 118 Å². The molecule has 0 aliphatic carbocycles. The highest BCUT2D eigenvalue weighted by Gasteiger charge is 2.31. The zero-order chi connectivity index (χ0) is 14.4. The molecule has 19 heavy (non-hydrogen) atoms. The standard InChI is InChI=1S/C14H30N2O2S/c1-4-7-15-12-14(5-2,6-3)13-16-8-10-19(17,18)11-9-16/h15H,4-13H2,1-3H3. The molecule has 5 heteroatoms. The van der Waals surface area contributed by atoms with Gasteiger partial charge in [-0.25, -0.2) is 8.42 Å². The van der Waals surface area contributed by atoms with Crippen molar-refractivity contribution in [1.29, 1.82) is 0 Å². The summed E-state index contributed by atoms with van der Waals surface area (Å²) in [6.45, 7) is 11.2. The van der Waals surface area contributed by atoms with Gasteiger partial charge in [-0.1, -0.05) is 20.8 Å². The van der Waals surface area contributed by atoms with Crippen molar-refractivity contribution in [3.05, 3.63) is 0 Å². The third kappa shape index (κ3) is 5.40. The lowest BCUT2D eigenvalue weighted by Crippen LogP contribution is -2.48. The lowest BCUT2D eigenvalue weighted by molar-refractivity contribution is 0.141. The van der Waals surface area contributed by atoms with Crippen LogP contribution in [0.25, 0.3) is 0 Å². The first-order valence-corrected chi connectivity index (χ1v) is 9.42. The maximum absolute atomic E-state index is 11.5. The van der Waals surface area contributed by atoms with Gasteiger partial charge in [-0.15, -0.1) is 0 Å². The number of hydrogen-bond acceptors (Lipinski definition) is 4. The Morgan fingerprint density at radius 3 is 2.16 bits per heavy atom. The predicted molar refractivity (Wildman–Crippen MR) is 81.3 cm³/mol. The molecule has 0 bridgehead atoms. The second-order valence-corrected chi connectivity index (χ2v) is 8.12. The van der Waals surface area contributed by atoms with Crippen molar-refractivity contribution >= 4 is 9.84 Å². The molecular weight excluding hydrogens is 260 g/mol. The van der Waals surface area contributed by atoms with Gasteiger partial charge in [-0.05, 0) is 31.2 Å². The molecule has 0 aromatic rings. The molecular formula is C14H30N2O2S. The molecule has 1 aliphatic rings. The Bertz CT molecular complexity index is 336. The van der Waals surface area contributed by atoms with Crippen molar-refractivity contribution < 1.29 is 8.42 Å². The lowest BCUT2D eigenvalue weighted by atomic mass is 9.81. The van der Waals surface area contributed by atoms with Crippen molar-refractivity contribution in [2.75, 3.05) is 44.2 Å². The average Bonchev–Trinajstić information content (AvgIpc) is 2.40. The lowest BCUT2D eigenvalue weighted by Gasteiger charge is -2.39. The maximum atomic E-state index is 11.5. The summed E-state index contributed by atoms with van der Waals surface area (Å²) in [7, 11) is -2.76. The first-order valence-electron chi connectivity index (χ1n) is 7.60. The van der Waals surface area contributed by atoms with E-state index in [1.165, 1.54) is 0 Å². The molecule has 114 valence electrons. The van der Waals surface area contributed by atoms with Gasteiger partial charge in [0.2, 0.25) is 0 Å². The fraction of sp³-hybridized carbons (Fsp3) is 1.00. The van der Waals surface area contributed by atoms with Crippen molar-refractivity contribution in [2.45, 2.75) is 40.0 Å². The highest BCUT2D eigenvalue weighted by atomic mass is 32.2. The Morgan fingerprint density at radius 1 is 1.11 bits per heavy atom. The molecule has 1 fully saturated rings. The Kier molecular flexibility index (Phi) is 6.77. The van der Waals surface area contributed by atoms with Gasteiger partial charge in [0.05, 0.1) is 11.5 Å². The van der Waals surface area contributed by atoms with Crippen LogP contribution < -0.4 is 5.32 Å². The second-order valence-electron chi connectivity index (χ2n) is 5.81. The van der Waals surface area contributed by atoms with Crippen LogP contribution in [0.1, 0.15) is 40.0 Å². The van der Waals surface area contributed by atoms with Gasteiger partial charge in [0.25, 0.3) is 0 Å². The molecule has 1 rings (SSSR count). The summed E-state index contributed by atoms with van der Waals surface area (Å²) in [6.07, 6.45) is 3.44. The minimum absolute atomic E-state index is 0.288. The van der Waals surface area contributed by atoms with Gasteiger partial charge < -0.3 is 10.2 Å². The van der Waals surface area contributed by atoms with Crippen LogP contribution in [0.5, 0.6) is 0 Å². The van der Waals surface area contributed by atoms with E-state index < -0.39 is 9.84 Å². The fourth-order valence-corrected chi connectivity index (χ4v) is 3.97. The van der Waals surface area contributed by atoms with E-state index in [2.05, 4.69) is 31.0 Å². The van der Waals surface area contributed by atoms with E-state index in [1.807, 2.05) is 0 Å². The first kappa shape index (κ1) is 16.9. The predicted octanol–water partition coefficient (Wildman–Crippen LogP) is 1.52. The van der Waals surface area contributed by atoms with Gasteiger partial charge in [0.1, 0.15) is 0 Å². The maximum Gasteiger partial charge on any atom is 0.152 e. The molecule has 0 aromatic carbocycles. The van der Waals surface area contributed by atoms with Gasteiger partial charge in [0.15, 0.2) is 9.84 Å². The number of nitrogens with zero attached hydrogens (tertiary/aromatic N) is 1. The van der Waals surface area contributed by atoms with E-state index in [4.69, 9.17) is 0 Å². The summed E-state index contributed by atoms with van der Waals surface area (Å²) in [5.41, 5.74) is 0.288. The van der Waals surface area contributed by atoms with Crippen LogP contribution in [-0.4, -0.2) is 57.5 Å². The number of nitrogens with one attached hydrogen (secondary N) is 1. The van der Waals surface area contributed by atoms with E-state index in [1.54, 1.807) is 0 Å². The van der Waals surface area contributed by atoms with E-state index in [9.17, 15) is 8.42 Å². The minimum atomic E-state index is -2.76. The molecule has 0 radical (unpaired) electrons. The van der Waals surface area contributed by atoms with Crippen LogP contribution >= 0.6 is 0 Å². The summed E-state index contributed by atoms with van der Waals surface area (Å²) in [6, 6.07) is 0. The molecule has 0 spiro atoms. The second kappa shape index (κ2) is 7.60. The zero-order valence-corrected chi connectivity index (χ0v) is 13.6. The molecule has 0 unspecified atom stereocenters. The van der Waals surface area contributed by atoms with Crippen molar-refractivity contribution in [3.63, 3.8) is 0 Å². The van der Waals surface area contributed by atoms with Crippen LogP contribution in [0.15, 0.2) is 0 Å². The van der Waals surface area contributed by atoms with Crippen molar-refractivity contribution in [1.82, 2.24) is 10.2 Å². The Morgan fingerprint density at radius 2 is 1.68 bits per heavy atom. The third-order valence-electron chi connectivity index (χ3n) is 4.42. The van der Waals surface area contributed by atoms with E-state index >= 15 is 0 Å². The summed E-state index contributed by atoms with van der Waals surface area (Å²) < 4.78 is 22.9. The number of rotatable bonds is 8. The molecule has 4 nitrogen and oxygen atoms in total. The van der Waals surface area contributed by atoms with E-state index in [0.717, 1.165) is 38.9 Å². The largest absolute Gasteiger partial charge is 0.316 e. The van der Waals surface area contributed by atoms with Crippen LogP contribution in [0, 0.1) is 5.41 Å². The molecule has 1 saturated heterocycles. The van der Waals surface area contributed by atoms with Crippen molar-refractivity contribution in [3.8, 4) is 0 Å². The van der Waals surface area contributed by atoms with Crippen molar-refractivity contribution in [2.24, 2.45) is 5.41 Å². The molecule has 0 atom stereocenters. The smallest absolute Gasteiger partial charge is 0.152 e. The third-order valence-corrected chi connectivity index (χ3v) is 6.03. The van der Waals surface area contributed by atoms with Crippen LogP contribution in [0.3, 0.4) is 0 Å². The minimum Gasteiger partial charge on any atom is -0.316 e. The monoisotopic (exact) mass is 290 g/mol. The van der Waals surface area contributed by atoms with Crippen LogP contribution in [0.4, 0.5) is 0 Å². The topological polar surface area (TPSA) is 49.4 Å². The van der Waals surface area contributed by atoms with Crippen LogP contribution in [-0.2, 0) is 9.84 Å². The summed E-state index contributed by atoms with van der Waals surface area (Å²) in [4.78, 5) is 2.33. The van der Waals surface area contributed by atoms with Gasteiger partial charge in [0, 0.05) is 26.2 Å². The highest BCUT2D eigenvalue weighted by Crippen LogP contribution is 2.27. The summed E-state index contributed by atoms with van der Waals surface area (Å²) in [5, 5.41) is 3.54. The average molecular weight is 290 g/mol. The number of sulfone groups is 1. The first-order chi connectivity index (χ1) is 8.97. The molecule has 1 N–H and O–H groups in total. The molecule has 0 amide bonds. The zero-order valence-electron chi connectivity index (χ0n) is 12.7. The Balaban J connectivity index is 2.53. The van der Waals surface area contributed by atoms with Gasteiger partial charge >= 0.3 is 0 Å². The van der Waals surface area contributed by atoms with Crippen LogP contribution in [0.2, 0.25) is 0 Å². The molecule has 0 aromatic heterocycles. The van der Waals surface area contributed by atoms with Gasteiger partial charge in [-0.3, -0.25) is 0 Å². The Hall–Kier alpha value is -0.130. The quantitative estimate of drug-likeness (QED) is 0.689. The summed E-state index contributed by atoms with van der Waals surface area (Å²) >= 11 is 0. The molecule has 1 heterocycles. The summed E-state index contributed by atoms with van der Waals surface area (Å²) in [5.74, 6) is 0.664. The fourth-order valence-electron chi connectivity index (χ4n) is 2.69. The molecule has 0 saturated carbocycles. The highest BCUT2D eigenvalue weighted by molar-refractivity contribution is 7.91. The van der Waals surface area contributed by atoms with E-state index in [-0.39, 0.29) is 5.41 Å². The normalized spacial score (nSPS) is 20.6. The van der Waals surface area contributed by atoms with Gasteiger partial charge in [-0.2, -0.15) is 0 Å². The molecule has 1 aliphatic heterocycles. The SMILES string of the molecule is CCCNCC(CC)(CC)CN1CCS(=O)(=O)CC1. The number of hydrogen-bond donors (Lipinski definition) is 1. The van der Waals surface area contributed by atoms with E-state index in [0.29, 0.717) is 24.6 Å².